The average molecular weight is 594 g/mol. The van der Waals surface area contributed by atoms with E-state index in [4.69, 9.17) is 15.6 Å². The summed E-state index contributed by atoms with van der Waals surface area (Å²) in [4.78, 5) is 46.9. The molecule has 0 saturated heterocycles. The summed E-state index contributed by atoms with van der Waals surface area (Å²) in [6, 6.07) is 1.06. The van der Waals surface area contributed by atoms with Crippen LogP contribution in [0.1, 0.15) is 33.3 Å². The molecule has 0 aliphatic rings. The Morgan fingerprint density at radius 1 is 0.818 bits per heavy atom. The molecule has 0 unspecified atom stereocenters. The van der Waals surface area contributed by atoms with Crippen molar-refractivity contribution in [2.24, 2.45) is 0 Å². The molecular weight excluding hydrogens is 572 g/mol. The van der Waals surface area contributed by atoms with Crippen LogP contribution in [-0.4, -0.2) is 50.3 Å². The van der Waals surface area contributed by atoms with Gasteiger partial charge in [0.15, 0.2) is 0 Å². The van der Waals surface area contributed by atoms with Crippen LogP contribution in [-0.2, 0) is 41.0 Å². The first kappa shape index (κ1) is 28.3. The number of halogens is 4. The summed E-state index contributed by atoms with van der Waals surface area (Å²) in [7, 11) is 2.08. The molecule has 0 amide bonds. The van der Waals surface area contributed by atoms with Crippen molar-refractivity contribution in [3.63, 3.8) is 0 Å². The molecule has 0 aromatic heterocycles. The Kier molecular flexibility index (Phi) is 10.2. The van der Waals surface area contributed by atoms with Crippen LogP contribution < -0.4 is 9.47 Å². The normalized spacial score (nSPS) is 13.2. The number of hydrogen-bond donors (Lipinski definition) is 0. The average Bonchev–Trinajstić information content (AvgIpc) is 2.70. The number of methoxy groups -OCH3 is 2. The van der Waals surface area contributed by atoms with Gasteiger partial charge in [0.25, 0.3) is 0 Å². The molecule has 14 heteroatoms. The Hall–Kier alpha value is -2.78. The molecule has 0 aliphatic carbocycles. The standard InChI is InChI=1S/C19H22F3IO10/c1-9(17(26)28-5)30-14-7-13(19(20,21)22)8-15(31-10(2)18(27)29-6)16(14)23(32-11(3)24)33-12(4)25/h7-10H,1-6H3/t9-,10-/m1/s1. The van der Waals surface area contributed by atoms with Gasteiger partial charge in [0, 0.05) is 0 Å². The van der Waals surface area contributed by atoms with Crippen LogP contribution in [0.4, 0.5) is 13.2 Å². The number of esters is 2. The van der Waals surface area contributed by atoms with E-state index in [0.717, 1.165) is 28.1 Å². The van der Waals surface area contributed by atoms with E-state index in [2.05, 4.69) is 9.47 Å². The fourth-order valence-corrected chi connectivity index (χ4v) is 5.25. The SMILES string of the molecule is COC(=O)[C@@H](C)Oc1cc(C(F)(F)F)cc(O[C@H](C)C(=O)OC)c1I(OC(C)=O)OC(C)=O. The van der Waals surface area contributed by atoms with Gasteiger partial charge in [-0.3, -0.25) is 0 Å². The topological polar surface area (TPSA) is 124 Å². The van der Waals surface area contributed by atoms with Gasteiger partial charge < -0.3 is 0 Å². The van der Waals surface area contributed by atoms with Gasteiger partial charge in [-0.15, -0.1) is 0 Å². The number of alkyl halides is 3. The van der Waals surface area contributed by atoms with Crippen LogP contribution >= 0.6 is 20.6 Å². The summed E-state index contributed by atoms with van der Waals surface area (Å²) in [5, 5.41) is 0. The first-order valence-electron chi connectivity index (χ1n) is 9.03. The molecular formula is C19H22F3IO10. The van der Waals surface area contributed by atoms with Gasteiger partial charge in [-0.25, -0.2) is 0 Å². The molecule has 0 N–H and O–H groups in total. The van der Waals surface area contributed by atoms with Crippen molar-refractivity contribution in [3.8, 4) is 11.5 Å². The molecule has 0 radical (unpaired) electrons. The van der Waals surface area contributed by atoms with Crippen molar-refractivity contribution in [1.29, 1.82) is 0 Å². The second-order valence-corrected chi connectivity index (χ2v) is 9.41. The quantitative estimate of drug-likeness (QED) is 0.311. The molecule has 0 spiro atoms. The summed E-state index contributed by atoms with van der Waals surface area (Å²) >= 11 is -3.90. The van der Waals surface area contributed by atoms with Crippen molar-refractivity contribution >= 4 is 44.5 Å². The van der Waals surface area contributed by atoms with Crippen molar-refractivity contribution in [3.05, 3.63) is 21.3 Å². The molecule has 186 valence electrons. The molecule has 0 aliphatic heterocycles. The van der Waals surface area contributed by atoms with Crippen molar-refractivity contribution in [1.82, 2.24) is 0 Å². The van der Waals surface area contributed by atoms with Crippen molar-refractivity contribution in [2.45, 2.75) is 46.1 Å². The van der Waals surface area contributed by atoms with Crippen LogP contribution in [0.25, 0.3) is 0 Å². The fourth-order valence-electron chi connectivity index (χ4n) is 2.16. The number of ether oxygens (including phenoxy) is 4. The molecule has 0 heterocycles. The van der Waals surface area contributed by atoms with Crippen LogP contribution in [0.3, 0.4) is 0 Å². The van der Waals surface area contributed by atoms with E-state index in [9.17, 15) is 32.3 Å². The predicted molar refractivity (Wildman–Crippen MR) is 112 cm³/mol. The summed E-state index contributed by atoms with van der Waals surface area (Å²) in [5.41, 5.74) is -1.27. The molecule has 33 heavy (non-hydrogen) atoms. The number of carbonyl (C=O) groups excluding carboxylic acids is 4. The minimum absolute atomic E-state index is 0.343. The third-order valence-electron chi connectivity index (χ3n) is 3.52. The second kappa shape index (κ2) is 11.9. The number of carbonyl (C=O) groups is 4. The molecule has 0 saturated carbocycles. The van der Waals surface area contributed by atoms with E-state index in [-0.39, 0.29) is 3.57 Å². The van der Waals surface area contributed by atoms with Crippen LogP contribution in [0.2, 0.25) is 0 Å². The third kappa shape index (κ3) is 8.25. The van der Waals surface area contributed by atoms with Crippen LogP contribution in [0.5, 0.6) is 11.5 Å². The maximum absolute atomic E-state index is 13.6. The van der Waals surface area contributed by atoms with E-state index < -0.39 is 80.0 Å². The summed E-state index contributed by atoms with van der Waals surface area (Å²) in [6.07, 6.45) is -7.72. The maximum atomic E-state index is 13.6. The zero-order valence-corrected chi connectivity index (χ0v) is 20.6. The monoisotopic (exact) mass is 594 g/mol. The molecule has 10 nitrogen and oxygen atoms in total. The van der Waals surface area contributed by atoms with E-state index in [0.29, 0.717) is 12.1 Å². The van der Waals surface area contributed by atoms with Gasteiger partial charge >= 0.3 is 195 Å². The van der Waals surface area contributed by atoms with Crippen molar-refractivity contribution in [2.75, 3.05) is 14.2 Å². The van der Waals surface area contributed by atoms with E-state index in [1.165, 1.54) is 13.8 Å². The molecule has 1 rings (SSSR count). The predicted octanol–water partition coefficient (Wildman–Crippen LogP) is 3.22. The number of rotatable bonds is 9. The first-order chi connectivity index (χ1) is 15.2. The third-order valence-corrected chi connectivity index (χ3v) is 7.50. The van der Waals surface area contributed by atoms with Gasteiger partial charge in [0.2, 0.25) is 0 Å². The Balaban J connectivity index is 3.85. The Morgan fingerprint density at radius 3 is 1.45 bits per heavy atom. The van der Waals surface area contributed by atoms with Gasteiger partial charge in [-0.1, -0.05) is 0 Å². The summed E-state index contributed by atoms with van der Waals surface area (Å²) < 4.78 is 70.3. The number of benzene rings is 1. The van der Waals surface area contributed by atoms with E-state index >= 15 is 0 Å². The summed E-state index contributed by atoms with van der Waals surface area (Å²) in [6.45, 7) is 4.38. The van der Waals surface area contributed by atoms with Crippen LogP contribution in [0.15, 0.2) is 12.1 Å². The zero-order valence-electron chi connectivity index (χ0n) is 18.4. The minimum atomic E-state index is -4.90. The second-order valence-electron chi connectivity index (χ2n) is 6.21. The molecule has 0 bridgehead atoms. The van der Waals surface area contributed by atoms with Crippen molar-refractivity contribution < 1.29 is 57.4 Å². The van der Waals surface area contributed by atoms with E-state index in [1.54, 1.807) is 0 Å². The molecule has 1 aromatic carbocycles. The molecule has 2 atom stereocenters. The number of hydrogen-bond acceptors (Lipinski definition) is 10. The molecule has 0 fully saturated rings. The van der Waals surface area contributed by atoms with Gasteiger partial charge in [0.05, 0.1) is 0 Å². The van der Waals surface area contributed by atoms with Crippen LogP contribution in [0, 0.1) is 3.57 Å². The van der Waals surface area contributed by atoms with Gasteiger partial charge in [0.1, 0.15) is 0 Å². The van der Waals surface area contributed by atoms with E-state index in [1.807, 2.05) is 0 Å². The zero-order chi connectivity index (χ0) is 25.5. The van der Waals surface area contributed by atoms with Gasteiger partial charge in [-0.2, -0.15) is 0 Å². The Labute approximate surface area is 195 Å². The fraction of sp³-hybridized carbons (Fsp3) is 0.474. The first-order valence-corrected chi connectivity index (χ1v) is 11.9. The molecule has 1 aromatic rings. The Bertz CT molecular complexity index is 841. The van der Waals surface area contributed by atoms with Gasteiger partial charge in [-0.05, 0) is 0 Å². The Morgan fingerprint density at radius 2 is 1.18 bits per heavy atom. The summed E-state index contributed by atoms with van der Waals surface area (Å²) in [5.74, 6) is -4.88.